The Kier molecular flexibility index (Phi) is 4.66. The van der Waals surface area contributed by atoms with E-state index in [-0.39, 0.29) is 5.54 Å². The van der Waals surface area contributed by atoms with Gasteiger partial charge in [0.05, 0.1) is 0 Å². The van der Waals surface area contributed by atoms with Gasteiger partial charge in [-0.2, -0.15) is 0 Å². The molecule has 0 radical (unpaired) electrons. The number of pyridine rings is 1. The second-order valence-corrected chi connectivity index (χ2v) is 6.58. The van der Waals surface area contributed by atoms with Crippen LogP contribution in [0, 0.1) is 6.92 Å². The summed E-state index contributed by atoms with van der Waals surface area (Å²) in [4.78, 5) is 6.57. The zero-order valence-electron chi connectivity index (χ0n) is 13.4. The second kappa shape index (κ2) is 6.10. The summed E-state index contributed by atoms with van der Waals surface area (Å²) in [5, 5.41) is 3.52. The first-order chi connectivity index (χ1) is 9.38. The quantitative estimate of drug-likeness (QED) is 0.830. The molecule has 0 spiro atoms. The summed E-state index contributed by atoms with van der Waals surface area (Å²) in [7, 11) is 4.16. The summed E-state index contributed by atoms with van der Waals surface area (Å²) in [5.74, 6) is 0.959. The van der Waals surface area contributed by atoms with Gasteiger partial charge in [-0.15, -0.1) is 0 Å². The van der Waals surface area contributed by atoms with Crippen LogP contribution < -0.4 is 10.1 Å². The summed E-state index contributed by atoms with van der Waals surface area (Å²) in [5.41, 5.74) is 2.16. The molecule has 0 bridgehead atoms. The molecule has 1 aliphatic rings. The molecular weight excluding hydrogens is 250 g/mol. The molecule has 0 unspecified atom stereocenters. The van der Waals surface area contributed by atoms with Gasteiger partial charge in [0.2, 0.25) is 0 Å². The Morgan fingerprint density at radius 2 is 2.10 bits per heavy atom. The van der Waals surface area contributed by atoms with Crippen LogP contribution in [0.15, 0.2) is 12.3 Å². The van der Waals surface area contributed by atoms with Crippen LogP contribution in [-0.4, -0.2) is 42.2 Å². The van der Waals surface area contributed by atoms with Crippen LogP contribution in [0.25, 0.3) is 0 Å². The van der Waals surface area contributed by atoms with Gasteiger partial charge in [-0.1, -0.05) is 0 Å². The Bertz CT molecular complexity index is 453. The van der Waals surface area contributed by atoms with Crippen molar-refractivity contribution in [1.29, 1.82) is 0 Å². The average molecular weight is 277 g/mol. The highest BCUT2D eigenvalue weighted by atomic mass is 16.5. The molecule has 4 heteroatoms. The third kappa shape index (κ3) is 4.18. The Hall–Kier alpha value is -1.13. The average Bonchev–Trinajstić information content (AvgIpc) is 3.19. The molecule has 1 saturated carbocycles. The van der Waals surface area contributed by atoms with Gasteiger partial charge in [-0.25, -0.2) is 0 Å². The molecule has 0 aliphatic heterocycles. The highest BCUT2D eigenvalue weighted by Gasteiger charge is 2.23. The fourth-order valence-electron chi connectivity index (χ4n) is 1.76. The number of nitrogens with one attached hydrogen (secondary N) is 1. The van der Waals surface area contributed by atoms with E-state index < -0.39 is 0 Å². The maximum atomic E-state index is 6.08. The molecular formula is C16H27N3O. The second-order valence-electron chi connectivity index (χ2n) is 6.58. The van der Waals surface area contributed by atoms with Gasteiger partial charge in [0.1, 0.15) is 12.4 Å². The van der Waals surface area contributed by atoms with Gasteiger partial charge >= 0.3 is 0 Å². The number of rotatable bonds is 7. The lowest BCUT2D eigenvalue weighted by Crippen LogP contribution is -2.43. The smallest absolute Gasteiger partial charge is 0.127 e. The van der Waals surface area contributed by atoms with Crippen molar-refractivity contribution in [3.63, 3.8) is 0 Å². The standard InChI is InChI=1S/C16H27N3O/c1-12-8-15(20-11-16(2,3)19(4)5)13(9-17-12)10-18-14-6-7-14/h8-9,14,18H,6-7,10-11H2,1-5H3. The molecule has 1 aliphatic carbocycles. The Labute approximate surface area is 122 Å². The number of aromatic nitrogens is 1. The van der Waals surface area contributed by atoms with Gasteiger partial charge in [0, 0.05) is 41.6 Å². The number of likely N-dealkylation sites (N-methyl/N-ethyl adjacent to an activating group) is 1. The van der Waals surface area contributed by atoms with Gasteiger partial charge in [0.15, 0.2) is 0 Å². The monoisotopic (exact) mass is 277 g/mol. The minimum absolute atomic E-state index is 0.0123. The van der Waals surface area contributed by atoms with Crippen molar-refractivity contribution >= 4 is 0 Å². The predicted octanol–water partition coefficient (Wildman–Crippen LogP) is 2.36. The van der Waals surface area contributed by atoms with Gasteiger partial charge < -0.3 is 15.0 Å². The molecule has 0 amide bonds. The fourth-order valence-corrected chi connectivity index (χ4v) is 1.76. The van der Waals surface area contributed by atoms with E-state index in [4.69, 9.17) is 4.74 Å². The van der Waals surface area contributed by atoms with Crippen LogP contribution in [0.5, 0.6) is 5.75 Å². The van der Waals surface area contributed by atoms with Crippen LogP contribution in [0.2, 0.25) is 0 Å². The van der Waals surface area contributed by atoms with Crippen LogP contribution in [0.1, 0.15) is 37.9 Å². The van der Waals surface area contributed by atoms with Crippen molar-refractivity contribution in [1.82, 2.24) is 15.2 Å². The highest BCUT2D eigenvalue weighted by Crippen LogP contribution is 2.24. The minimum atomic E-state index is 0.0123. The van der Waals surface area contributed by atoms with Crippen molar-refractivity contribution in [2.45, 2.75) is 51.7 Å². The first kappa shape index (κ1) is 15.3. The molecule has 2 rings (SSSR count). The van der Waals surface area contributed by atoms with E-state index in [0.717, 1.165) is 23.6 Å². The largest absolute Gasteiger partial charge is 0.491 e. The number of ether oxygens (including phenoxy) is 1. The number of aryl methyl sites for hydroxylation is 1. The third-order valence-corrected chi connectivity index (χ3v) is 4.03. The fraction of sp³-hybridized carbons (Fsp3) is 0.688. The van der Waals surface area contributed by atoms with E-state index in [9.17, 15) is 0 Å². The van der Waals surface area contributed by atoms with Crippen molar-refractivity contribution in [3.8, 4) is 5.75 Å². The molecule has 1 N–H and O–H groups in total. The molecule has 20 heavy (non-hydrogen) atoms. The van der Waals surface area contributed by atoms with Crippen molar-refractivity contribution in [3.05, 3.63) is 23.5 Å². The molecule has 1 heterocycles. The van der Waals surface area contributed by atoms with E-state index in [0.29, 0.717) is 12.6 Å². The summed E-state index contributed by atoms with van der Waals surface area (Å²) >= 11 is 0. The van der Waals surface area contributed by atoms with Gasteiger partial charge in [-0.05, 0) is 47.7 Å². The topological polar surface area (TPSA) is 37.4 Å². The number of hydrogen-bond donors (Lipinski definition) is 1. The predicted molar refractivity (Wildman–Crippen MR) is 82.1 cm³/mol. The van der Waals surface area contributed by atoms with Crippen LogP contribution in [-0.2, 0) is 6.54 Å². The first-order valence-electron chi connectivity index (χ1n) is 7.37. The first-order valence-corrected chi connectivity index (χ1v) is 7.37. The third-order valence-electron chi connectivity index (χ3n) is 4.03. The zero-order valence-corrected chi connectivity index (χ0v) is 13.4. The van der Waals surface area contributed by atoms with E-state index in [1.54, 1.807) is 0 Å². The van der Waals surface area contributed by atoms with E-state index in [1.165, 1.54) is 12.8 Å². The normalized spacial score (nSPS) is 15.7. The highest BCUT2D eigenvalue weighted by molar-refractivity contribution is 5.33. The maximum absolute atomic E-state index is 6.08. The Morgan fingerprint density at radius 1 is 1.40 bits per heavy atom. The molecule has 1 aromatic rings. The van der Waals surface area contributed by atoms with Crippen LogP contribution in [0.4, 0.5) is 0 Å². The summed E-state index contributed by atoms with van der Waals surface area (Å²) in [6.45, 7) is 7.88. The Morgan fingerprint density at radius 3 is 2.70 bits per heavy atom. The molecule has 1 aromatic heterocycles. The molecule has 0 saturated heterocycles. The lowest BCUT2D eigenvalue weighted by Gasteiger charge is -2.32. The maximum Gasteiger partial charge on any atom is 0.127 e. The zero-order chi connectivity index (χ0) is 14.8. The molecule has 0 atom stereocenters. The number of nitrogens with zero attached hydrogens (tertiary/aromatic N) is 2. The van der Waals surface area contributed by atoms with Crippen molar-refractivity contribution < 1.29 is 4.74 Å². The minimum Gasteiger partial charge on any atom is -0.491 e. The summed E-state index contributed by atoms with van der Waals surface area (Å²) in [6, 6.07) is 2.73. The van der Waals surface area contributed by atoms with Crippen LogP contribution in [0.3, 0.4) is 0 Å². The SMILES string of the molecule is Cc1cc(OCC(C)(C)N(C)C)c(CNC2CC2)cn1. The summed E-state index contributed by atoms with van der Waals surface area (Å²) in [6.07, 6.45) is 4.52. The molecule has 0 aromatic carbocycles. The molecule has 4 nitrogen and oxygen atoms in total. The van der Waals surface area contributed by atoms with E-state index in [1.807, 2.05) is 19.2 Å². The van der Waals surface area contributed by atoms with Crippen LogP contribution >= 0.6 is 0 Å². The van der Waals surface area contributed by atoms with Gasteiger partial charge in [0.25, 0.3) is 0 Å². The van der Waals surface area contributed by atoms with Crippen molar-refractivity contribution in [2.24, 2.45) is 0 Å². The molecule has 112 valence electrons. The lowest BCUT2D eigenvalue weighted by molar-refractivity contribution is 0.113. The Balaban J connectivity index is 2.02. The van der Waals surface area contributed by atoms with Gasteiger partial charge in [-0.3, -0.25) is 4.98 Å². The van der Waals surface area contributed by atoms with E-state index >= 15 is 0 Å². The summed E-state index contributed by atoms with van der Waals surface area (Å²) < 4.78 is 6.08. The van der Waals surface area contributed by atoms with Crippen molar-refractivity contribution in [2.75, 3.05) is 20.7 Å². The number of hydrogen-bond acceptors (Lipinski definition) is 4. The molecule has 1 fully saturated rings. The lowest BCUT2D eigenvalue weighted by atomic mass is 10.1. The van der Waals surface area contributed by atoms with E-state index in [2.05, 4.69) is 43.1 Å².